The molecule has 5 rings (SSSR count). The van der Waals surface area contributed by atoms with Crippen molar-refractivity contribution in [2.75, 3.05) is 4.90 Å². The Bertz CT molecular complexity index is 1310. The summed E-state index contributed by atoms with van der Waals surface area (Å²) in [5.74, 6) is 0. The van der Waals surface area contributed by atoms with Crippen LogP contribution < -0.4 is 4.90 Å². The van der Waals surface area contributed by atoms with Crippen molar-refractivity contribution in [1.29, 1.82) is 0 Å². The van der Waals surface area contributed by atoms with Gasteiger partial charge in [-0.15, -0.1) is 0 Å². The van der Waals surface area contributed by atoms with Crippen molar-refractivity contribution in [2.24, 2.45) is 0 Å². The predicted molar refractivity (Wildman–Crippen MR) is 141 cm³/mol. The minimum atomic E-state index is 0.913. The molecule has 0 fully saturated rings. The third kappa shape index (κ3) is 4.73. The molecule has 1 heteroatoms. The Morgan fingerprint density at radius 1 is 0.606 bits per heavy atom. The predicted octanol–water partition coefficient (Wildman–Crippen LogP) is 8.73. The minimum absolute atomic E-state index is 0.913. The zero-order chi connectivity index (χ0) is 22.5. The van der Waals surface area contributed by atoms with Crippen molar-refractivity contribution in [2.45, 2.75) is 13.3 Å². The SMILES string of the molecule is Cc1ccc(N(C2=CC=CCC(c3ccccc3)=C2)c2cccc(-c3ccccc3)c2)cc1. The van der Waals surface area contributed by atoms with E-state index >= 15 is 0 Å². The molecule has 0 saturated carbocycles. The minimum Gasteiger partial charge on any atom is -0.310 e. The van der Waals surface area contributed by atoms with Crippen LogP contribution in [0.15, 0.2) is 139 Å². The molecule has 0 aliphatic heterocycles. The number of benzene rings is 4. The van der Waals surface area contributed by atoms with Crippen LogP contribution in [-0.4, -0.2) is 0 Å². The molecule has 0 aromatic heterocycles. The maximum atomic E-state index is 2.35. The first-order valence-corrected chi connectivity index (χ1v) is 11.4. The monoisotopic (exact) mass is 425 g/mol. The van der Waals surface area contributed by atoms with Gasteiger partial charge in [-0.05, 0) is 72.0 Å². The van der Waals surface area contributed by atoms with Crippen molar-refractivity contribution >= 4 is 16.9 Å². The van der Waals surface area contributed by atoms with E-state index in [-0.39, 0.29) is 0 Å². The van der Waals surface area contributed by atoms with Crippen LogP contribution in [0.2, 0.25) is 0 Å². The van der Waals surface area contributed by atoms with Gasteiger partial charge in [0.15, 0.2) is 0 Å². The molecule has 0 atom stereocenters. The lowest BCUT2D eigenvalue weighted by Gasteiger charge is -2.27. The van der Waals surface area contributed by atoms with Crippen LogP contribution in [-0.2, 0) is 0 Å². The molecule has 4 aromatic rings. The fourth-order valence-electron chi connectivity index (χ4n) is 4.24. The highest BCUT2D eigenvalue weighted by atomic mass is 15.1. The van der Waals surface area contributed by atoms with Gasteiger partial charge in [-0.3, -0.25) is 0 Å². The molecule has 0 radical (unpaired) electrons. The van der Waals surface area contributed by atoms with Crippen molar-refractivity contribution in [3.8, 4) is 11.1 Å². The summed E-state index contributed by atoms with van der Waals surface area (Å²) in [7, 11) is 0. The number of hydrogen-bond acceptors (Lipinski definition) is 1. The lowest BCUT2D eigenvalue weighted by Crippen LogP contribution is -2.15. The fourth-order valence-corrected chi connectivity index (χ4v) is 4.24. The second kappa shape index (κ2) is 9.58. The third-order valence-corrected chi connectivity index (χ3v) is 5.97. The van der Waals surface area contributed by atoms with Crippen LogP contribution in [0.3, 0.4) is 0 Å². The van der Waals surface area contributed by atoms with Gasteiger partial charge >= 0.3 is 0 Å². The van der Waals surface area contributed by atoms with Crippen molar-refractivity contribution in [3.63, 3.8) is 0 Å². The Balaban J connectivity index is 1.64. The normalized spacial score (nSPS) is 13.1. The molecule has 4 aromatic carbocycles. The molecule has 0 heterocycles. The molecule has 1 aliphatic carbocycles. The van der Waals surface area contributed by atoms with Crippen LogP contribution in [0.25, 0.3) is 16.7 Å². The molecule has 0 N–H and O–H groups in total. The maximum Gasteiger partial charge on any atom is 0.0467 e. The van der Waals surface area contributed by atoms with Gasteiger partial charge in [0.05, 0.1) is 0 Å². The second-order valence-corrected chi connectivity index (χ2v) is 8.35. The third-order valence-electron chi connectivity index (χ3n) is 5.97. The summed E-state index contributed by atoms with van der Waals surface area (Å²) in [6.45, 7) is 2.13. The number of anilines is 2. The maximum absolute atomic E-state index is 2.35. The molecular weight excluding hydrogens is 398 g/mol. The van der Waals surface area contributed by atoms with Gasteiger partial charge < -0.3 is 4.90 Å². The quantitative estimate of drug-likeness (QED) is 0.309. The van der Waals surface area contributed by atoms with E-state index in [0.717, 1.165) is 23.5 Å². The number of hydrogen-bond donors (Lipinski definition) is 0. The van der Waals surface area contributed by atoms with E-state index in [2.05, 4.69) is 145 Å². The molecule has 160 valence electrons. The van der Waals surface area contributed by atoms with Crippen LogP contribution in [0.5, 0.6) is 0 Å². The second-order valence-electron chi connectivity index (χ2n) is 8.35. The van der Waals surface area contributed by atoms with E-state index in [4.69, 9.17) is 0 Å². The van der Waals surface area contributed by atoms with E-state index in [1.807, 2.05) is 0 Å². The largest absolute Gasteiger partial charge is 0.310 e. The van der Waals surface area contributed by atoms with Crippen LogP contribution in [0, 0.1) is 6.92 Å². The van der Waals surface area contributed by atoms with E-state index in [1.165, 1.54) is 27.8 Å². The van der Waals surface area contributed by atoms with E-state index in [9.17, 15) is 0 Å². The Morgan fingerprint density at radius 3 is 2.00 bits per heavy atom. The highest BCUT2D eigenvalue weighted by molar-refractivity contribution is 5.79. The van der Waals surface area contributed by atoms with Gasteiger partial charge in [0.1, 0.15) is 0 Å². The summed E-state index contributed by atoms with van der Waals surface area (Å²) in [4.78, 5) is 2.35. The van der Waals surface area contributed by atoms with Gasteiger partial charge in [-0.1, -0.05) is 103 Å². The molecule has 0 spiro atoms. The summed E-state index contributed by atoms with van der Waals surface area (Å²) in [6.07, 6.45) is 9.86. The van der Waals surface area contributed by atoms with Gasteiger partial charge in [0, 0.05) is 17.1 Å². The summed E-state index contributed by atoms with van der Waals surface area (Å²) in [5, 5.41) is 0. The number of rotatable bonds is 5. The molecular formula is C32H27N. The Kier molecular flexibility index (Phi) is 6.04. The first-order valence-electron chi connectivity index (χ1n) is 11.4. The molecule has 0 unspecified atom stereocenters. The number of allylic oxidation sites excluding steroid dienone is 5. The Morgan fingerprint density at radius 2 is 1.27 bits per heavy atom. The van der Waals surface area contributed by atoms with Crippen LogP contribution >= 0.6 is 0 Å². The van der Waals surface area contributed by atoms with Crippen molar-refractivity contribution in [1.82, 2.24) is 0 Å². The Labute approximate surface area is 196 Å². The summed E-state index contributed by atoms with van der Waals surface area (Å²) >= 11 is 0. The number of nitrogens with zero attached hydrogens (tertiary/aromatic N) is 1. The van der Waals surface area contributed by atoms with Gasteiger partial charge in [-0.25, -0.2) is 0 Å². The lowest BCUT2D eigenvalue weighted by atomic mass is 10.0. The highest BCUT2D eigenvalue weighted by Gasteiger charge is 2.16. The molecule has 1 nitrogen and oxygen atoms in total. The van der Waals surface area contributed by atoms with E-state index in [0.29, 0.717) is 0 Å². The van der Waals surface area contributed by atoms with E-state index in [1.54, 1.807) is 0 Å². The van der Waals surface area contributed by atoms with Crippen molar-refractivity contribution < 1.29 is 0 Å². The van der Waals surface area contributed by atoms with Crippen LogP contribution in [0.1, 0.15) is 17.5 Å². The standard InChI is InChI=1S/C32H27N/c1-25-19-21-30(22-20-25)33(32-18-10-16-29(24-32)27-13-6-3-7-14-27)31-17-9-8-15-28(23-31)26-11-4-2-5-12-26/h2-14,16-24H,15H2,1H3. The molecule has 0 bridgehead atoms. The van der Waals surface area contributed by atoms with Gasteiger partial charge in [0.2, 0.25) is 0 Å². The van der Waals surface area contributed by atoms with Crippen LogP contribution in [0.4, 0.5) is 11.4 Å². The molecule has 0 saturated heterocycles. The summed E-state index contributed by atoms with van der Waals surface area (Å²) in [6, 6.07) is 38.8. The fraction of sp³-hybridized carbons (Fsp3) is 0.0625. The van der Waals surface area contributed by atoms with Gasteiger partial charge in [0.25, 0.3) is 0 Å². The first kappa shape index (κ1) is 20.8. The smallest absolute Gasteiger partial charge is 0.0467 e. The average Bonchev–Trinajstić information content (AvgIpc) is 3.13. The highest BCUT2D eigenvalue weighted by Crippen LogP contribution is 2.35. The Hall–Kier alpha value is -4.10. The lowest BCUT2D eigenvalue weighted by molar-refractivity contribution is 1.20. The summed E-state index contributed by atoms with van der Waals surface area (Å²) in [5.41, 5.74) is 9.70. The van der Waals surface area contributed by atoms with E-state index < -0.39 is 0 Å². The first-order chi connectivity index (χ1) is 16.3. The van der Waals surface area contributed by atoms with Gasteiger partial charge in [-0.2, -0.15) is 0 Å². The summed E-state index contributed by atoms with van der Waals surface area (Å²) < 4.78 is 0. The zero-order valence-corrected chi connectivity index (χ0v) is 18.9. The number of aryl methyl sites for hydroxylation is 1. The topological polar surface area (TPSA) is 3.24 Å². The molecule has 1 aliphatic rings. The average molecular weight is 426 g/mol. The van der Waals surface area contributed by atoms with Crippen molar-refractivity contribution in [3.05, 3.63) is 150 Å². The molecule has 33 heavy (non-hydrogen) atoms. The zero-order valence-electron chi connectivity index (χ0n) is 18.9. The molecule has 0 amide bonds.